The van der Waals surface area contributed by atoms with E-state index >= 15 is 0 Å². The standard InChI is InChI=1S/C21H26O6/c1-5-6-15-10-20(23-3)13(2)19(27-21(20,24-4)11-16(15)22)14-7-8-17-18(9-14)26-12-25-17/h5,7-10,13,16,19,22H,1,6,11-12H2,2-4H3. The van der Waals surface area contributed by atoms with Crippen LogP contribution < -0.4 is 9.47 Å². The monoisotopic (exact) mass is 374 g/mol. The number of benzene rings is 1. The molecule has 1 aliphatic carbocycles. The van der Waals surface area contributed by atoms with Gasteiger partial charge in [0, 0.05) is 26.6 Å². The fourth-order valence-electron chi connectivity index (χ4n) is 4.68. The minimum absolute atomic E-state index is 0.0601. The number of methoxy groups -OCH3 is 2. The maximum Gasteiger partial charge on any atom is 0.231 e. The third-order valence-corrected chi connectivity index (χ3v) is 6.11. The van der Waals surface area contributed by atoms with Gasteiger partial charge >= 0.3 is 0 Å². The van der Waals surface area contributed by atoms with E-state index in [0.717, 1.165) is 16.9 Å². The fraction of sp³-hybridized carbons (Fsp3) is 0.524. The normalized spacial score (nSPS) is 37.0. The Bertz CT molecular complexity index is 774. The van der Waals surface area contributed by atoms with E-state index in [1.807, 2.05) is 24.3 Å². The molecule has 2 aliphatic heterocycles. The SMILES string of the molecule is C=CCC1=CC2(OC)C(C)C(c3ccc4c(c3)OCO4)OC2(OC)CC1O. The van der Waals surface area contributed by atoms with E-state index < -0.39 is 17.5 Å². The third kappa shape index (κ3) is 2.55. The van der Waals surface area contributed by atoms with Crippen molar-refractivity contribution in [3.05, 3.63) is 48.1 Å². The first kappa shape index (κ1) is 18.5. The highest BCUT2D eigenvalue weighted by atomic mass is 16.7. The molecule has 5 unspecified atom stereocenters. The highest BCUT2D eigenvalue weighted by Crippen LogP contribution is 2.58. The van der Waals surface area contributed by atoms with Crippen LogP contribution in [0.5, 0.6) is 11.5 Å². The average Bonchev–Trinajstić information content (AvgIpc) is 3.24. The molecule has 3 aliphatic rings. The van der Waals surface area contributed by atoms with Gasteiger partial charge in [0.05, 0.1) is 12.2 Å². The molecule has 1 N–H and O–H groups in total. The maximum absolute atomic E-state index is 10.7. The minimum Gasteiger partial charge on any atom is -0.454 e. The van der Waals surface area contributed by atoms with E-state index in [2.05, 4.69) is 13.5 Å². The van der Waals surface area contributed by atoms with Gasteiger partial charge in [-0.3, -0.25) is 0 Å². The van der Waals surface area contributed by atoms with Crippen LogP contribution in [0.1, 0.15) is 31.4 Å². The summed E-state index contributed by atoms with van der Waals surface area (Å²) in [5.41, 5.74) is 1.02. The van der Waals surface area contributed by atoms with Crippen molar-refractivity contribution in [2.45, 2.75) is 43.4 Å². The van der Waals surface area contributed by atoms with Crippen molar-refractivity contribution >= 4 is 0 Å². The first-order valence-electron chi connectivity index (χ1n) is 9.18. The van der Waals surface area contributed by atoms with Crippen LogP contribution in [0.4, 0.5) is 0 Å². The van der Waals surface area contributed by atoms with Crippen LogP contribution in [0.15, 0.2) is 42.5 Å². The van der Waals surface area contributed by atoms with E-state index in [0.29, 0.717) is 18.6 Å². The summed E-state index contributed by atoms with van der Waals surface area (Å²) in [6.45, 7) is 6.10. The molecule has 5 atom stereocenters. The molecular weight excluding hydrogens is 348 g/mol. The van der Waals surface area contributed by atoms with Crippen molar-refractivity contribution < 1.29 is 28.8 Å². The van der Waals surface area contributed by atoms with Crippen molar-refractivity contribution in [1.29, 1.82) is 0 Å². The van der Waals surface area contributed by atoms with Crippen LogP contribution in [-0.2, 0) is 14.2 Å². The summed E-state index contributed by atoms with van der Waals surface area (Å²) in [7, 11) is 3.26. The average molecular weight is 374 g/mol. The second-order valence-corrected chi connectivity index (χ2v) is 7.33. The quantitative estimate of drug-likeness (QED) is 0.799. The van der Waals surface area contributed by atoms with Gasteiger partial charge in [-0.25, -0.2) is 0 Å². The summed E-state index contributed by atoms with van der Waals surface area (Å²) in [5, 5.41) is 10.7. The Balaban J connectivity index is 1.78. The Kier molecular flexibility index (Phi) is 4.55. The van der Waals surface area contributed by atoms with Crippen LogP contribution in [0.2, 0.25) is 0 Å². The summed E-state index contributed by atoms with van der Waals surface area (Å²) >= 11 is 0. The number of hydrogen-bond donors (Lipinski definition) is 1. The molecule has 1 saturated heterocycles. The van der Waals surface area contributed by atoms with Gasteiger partial charge < -0.3 is 28.8 Å². The molecule has 0 aromatic heterocycles. The Morgan fingerprint density at radius 1 is 1.26 bits per heavy atom. The lowest BCUT2D eigenvalue weighted by molar-refractivity contribution is -0.287. The van der Waals surface area contributed by atoms with Crippen molar-refractivity contribution in [3.8, 4) is 11.5 Å². The van der Waals surface area contributed by atoms with E-state index in [1.54, 1.807) is 20.3 Å². The molecular formula is C21H26O6. The van der Waals surface area contributed by atoms with Crippen molar-refractivity contribution in [2.24, 2.45) is 5.92 Å². The molecule has 27 heavy (non-hydrogen) atoms. The topological polar surface area (TPSA) is 66.4 Å². The zero-order valence-corrected chi connectivity index (χ0v) is 15.9. The Morgan fingerprint density at radius 3 is 2.74 bits per heavy atom. The summed E-state index contributed by atoms with van der Waals surface area (Å²) in [6.07, 6.45) is 3.69. The Labute approximate surface area is 159 Å². The fourth-order valence-corrected chi connectivity index (χ4v) is 4.68. The van der Waals surface area contributed by atoms with Crippen LogP contribution in [0.25, 0.3) is 0 Å². The molecule has 4 rings (SSSR count). The Hall–Kier alpha value is -1.86. The van der Waals surface area contributed by atoms with Gasteiger partial charge in [0.2, 0.25) is 12.6 Å². The van der Waals surface area contributed by atoms with Gasteiger partial charge in [0.15, 0.2) is 11.5 Å². The molecule has 0 radical (unpaired) electrons. The number of aliphatic hydroxyl groups is 1. The summed E-state index contributed by atoms with van der Waals surface area (Å²) < 4.78 is 29.3. The van der Waals surface area contributed by atoms with E-state index in [9.17, 15) is 5.11 Å². The number of aliphatic hydroxyl groups excluding tert-OH is 1. The molecule has 0 spiro atoms. The third-order valence-electron chi connectivity index (χ3n) is 6.11. The number of fused-ring (bicyclic) bond motifs is 2. The molecule has 0 bridgehead atoms. The van der Waals surface area contributed by atoms with Gasteiger partial charge in [-0.1, -0.05) is 19.1 Å². The lowest BCUT2D eigenvalue weighted by atomic mass is 9.72. The number of hydrogen-bond acceptors (Lipinski definition) is 6. The zero-order chi connectivity index (χ0) is 19.2. The second-order valence-electron chi connectivity index (χ2n) is 7.33. The lowest BCUT2D eigenvalue weighted by Crippen LogP contribution is -2.59. The predicted molar refractivity (Wildman–Crippen MR) is 98.6 cm³/mol. The first-order valence-corrected chi connectivity index (χ1v) is 9.18. The molecule has 0 saturated carbocycles. The zero-order valence-electron chi connectivity index (χ0n) is 15.9. The Morgan fingerprint density at radius 2 is 2.04 bits per heavy atom. The summed E-state index contributed by atoms with van der Waals surface area (Å²) in [6, 6.07) is 5.81. The molecule has 0 amide bonds. The van der Waals surface area contributed by atoms with E-state index in [4.69, 9.17) is 23.7 Å². The van der Waals surface area contributed by atoms with Crippen molar-refractivity contribution in [2.75, 3.05) is 21.0 Å². The van der Waals surface area contributed by atoms with Crippen LogP contribution in [-0.4, -0.2) is 43.6 Å². The molecule has 6 heteroatoms. The van der Waals surface area contributed by atoms with Crippen molar-refractivity contribution in [3.63, 3.8) is 0 Å². The first-order chi connectivity index (χ1) is 13.0. The highest BCUT2D eigenvalue weighted by molar-refractivity contribution is 5.46. The van der Waals surface area contributed by atoms with Gasteiger partial charge in [-0.15, -0.1) is 6.58 Å². The van der Waals surface area contributed by atoms with E-state index in [1.165, 1.54) is 0 Å². The van der Waals surface area contributed by atoms with E-state index in [-0.39, 0.29) is 18.8 Å². The molecule has 146 valence electrons. The number of allylic oxidation sites excluding steroid dienone is 1. The number of rotatable bonds is 5. The second kappa shape index (κ2) is 6.63. The molecule has 2 heterocycles. The van der Waals surface area contributed by atoms with Gasteiger partial charge in [0.25, 0.3) is 0 Å². The molecule has 6 nitrogen and oxygen atoms in total. The molecule has 1 aromatic carbocycles. The maximum atomic E-state index is 10.7. The van der Waals surface area contributed by atoms with Gasteiger partial charge in [-0.05, 0) is 35.8 Å². The number of ether oxygens (including phenoxy) is 5. The van der Waals surface area contributed by atoms with Crippen LogP contribution >= 0.6 is 0 Å². The van der Waals surface area contributed by atoms with Crippen LogP contribution in [0.3, 0.4) is 0 Å². The summed E-state index contributed by atoms with van der Waals surface area (Å²) in [4.78, 5) is 0. The molecule has 1 fully saturated rings. The highest BCUT2D eigenvalue weighted by Gasteiger charge is 2.67. The minimum atomic E-state index is -1.08. The lowest BCUT2D eigenvalue weighted by Gasteiger charge is -2.47. The smallest absolute Gasteiger partial charge is 0.231 e. The molecule has 1 aromatic rings. The largest absolute Gasteiger partial charge is 0.454 e. The van der Waals surface area contributed by atoms with Gasteiger partial charge in [-0.2, -0.15) is 0 Å². The predicted octanol–water partition coefficient (Wildman–Crippen LogP) is 3.12. The van der Waals surface area contributed by atoms with Crippen molar-refractivity contribution in [1.82, 2.24) is 0 Å². The summed E-state index contributed by atoms with van der Waals surface area (Å²) in [5.74, 6) is 0.300. The van der Waals surface area contributed by atoms with Gasteiger partial charge in [0.1, 0.15) is 5.60 Å². The van der Waals surface area contributed by atoms with Crippen LogP contribution in [0, 0.1) is 5.92 Å².